The molecule has 0 aromatic carbocycles. The van der Waals surface area contributed by atoms with Crippen LogP contribution < -0.4 is 5.32 Å². The third-order valence-corrected chi connectivity index (χ3v) is 2.59. The molecule has 1 rings (SSSR count). The van der Waals surface area contributed by atoms with Crippen molar-refractivity contribution in [1.82, 2.24) is 10.2 Å². The molecule has 1 aliphatic rings. The number of carbonyl (C=O) groups is 1. The van der Waals surface area contributed by atoms with Crippen LogP contribution in [-0.4, -0.2) is 36.0 Å². The molecule has 1 atom stereocenters. The average molecular weight is 184 g/mol. The van der Waals surface area contributed by atoms with Gasteiger partial charge in [0, 0.05) is 25.6 Å². The Morgan fingerprint density at radius 2 is 2.23 bits per heavy atom. The van der Waals surface area contributed by atoms with E-state index in [1.165, 1.54) is 13.0 Å². The first kappa shape index (κ1) is 10.5. The number of hydrogen-bond acceptors (Lipinski definition) is 2. The highest BCUT2D eigenvalue weighted by atomic mass is 16.1. The van der Waals surface area contributed by atoms with E-state index in [4.69, 9.17) is 0 Å². The Labute approximate surface area is 80.5 Å². The Balaban J connectivity index is 2.37. The summed E-state index contributed by atoms with van der Waals surface area (Å²) in [5.41, 5.74) is 0. The summed E-state index contributed by atoms with van der Waals surface area (Å²) in [5, 5.41) is 2.99. The van der Waals surface area contributed by atoms with E-state index in [0.717, 1.165) is 13.0 Å². The summed E-state index contributed by atoms with van der Waals surface area (Å²) in [7, 11) is 0. The second kappa shape index (κ2) is 4.61. The molecule has 1 amide bonds. The summed E-state index contributed by atoms with van der Waals surface area (Å²) in [6.45, 7) is 8.19. The zero-order valence-corrected chi connectivity index (χ0v) is 8.84. The van der Waals surface area contributed by atoms with E-state index in [-0.39, 0.29) is 5.91 Å². The molecule has 1 saturated heterocycles. The molecular weight excluding hydrogens is 164 g/mol. The van der Waals surface area contributed by atoms with Gasteiger partial charge < -0.3 is 5.32 Å². The number of amides is 1. The van der Waals surface area contributed by atoms with E-state index in [1.54, 1.807) is 6.92 Å². The first-order valence-electron chi connectivity index (χ1n) is 5.10. The van der Waals surface area contributed by atoms with E-state index < -0.39 is 0 Å². The van der Waals surface area contributed by atoms with Gasteiger partial charge in [0.05, 0.1) is 0 Å². The third kappa shape index (κ3) is 3.35. The fraction of sp³-hybridized carbons (Fsp3) is 0.900. The van der Waals surface area contributed by atoms with Crippen molar-refractivity contribution < 1.29 is 4.79 Å². The van der Waals surface area contributed by atoms with Crippen LogP contribution in [0.15, 0.2) is 0 Å². The topological polar surface area (TPSA) is 32.3 Å². The number of hydrogen-bond donors (Lipinski definition) is 1. The Hall–Kier alpha value is -0.570. The molecule has 0 aromatic heterocycles. The maximum absolute atomic E-state index is 10.9. The number of piperidine rings is 1. The summed E-state index contributed by atoms with van der Waals surface area (Å²) in [6.07, 6.45) is 2.33. The van der Waals surface area contributed by atoms with Crippen molar-refractivity contribution in [2.24, 2.45) is 0 Å². The lowest BCUT2D eigenvalue weighted by Gasteiger charge is -2.35. The largest absolute Gasteiger partial charge is 0.352 e. The molecule has 0 aliphatic carbocycles. The lowest BCUT2D eigenvalue weighted by Crippen LogP contribution is -2.49. The molecule has 13 heavy (non-hydrogen) atoms. The van der Waals surface area contributed by atoms with Gasteiger partial charge in [-0.1, -0.05) is 0 Å². The summed E-state index contributed by atoms with van der Waals surface area (Å²) >= 11 is 0. The standard InChI is InChI=1S/C10H20N2O/c1-8(2)12-6-4-5-10(7-12)11-9(3)13/h8,10H,4-7H2,1-3H3,(H,11,13)/t10-/m0/s1. The molecule has 0 radical (unpaired) electrons. The highest BCUT2D eigenvalue weighted by Gasteiger charge is 2.21. The lowest BCUT2D eigenvalue weighted by molar-refractivity contribution is -0.120. The maximum atomic E-state index is 10.9. The van der Waals surface area contributed by atoms with Crippen LogP contribution >= 0.6 is 0 Å². The number of nitrogens with one attached hydrogen (secondary N) is 1. The van der Waals surface area contributed by atoms with E-state index in [0.29, 0.717) is 12.1 Å². The highest BCUT2D eigenvalue weighted by Crippen LogP contribution is 2.12. The van der Waals surface area contributed by atoms with Crippen molar-refractivity contribution in [2.45, 2.75) is 45.7 Å². The second-order valence-corrected chi connectivity index (χ2v) is 4.13. The summed E-state index contributed by atoms with van der Waals surface area (Å²) < 4.78 is 0. The van der Waals surface area contributed by atoms with Crippen LogP contribution in [0, 0.1) is 0 Å². The Bertz CT molecular complexity index is 180. The SMILES string of the molecule is CC(=O)N[C@H]1CCCN(C(C)C)C1. The zero-order valence-electron chi connectivity index (χ0n) is 8.84. The van der Waals surface area contributed by atoms with Gasteiger partial charge in [0.15, 0.2) is 0 Å². The molecule has 1 fully saturated rings. The van der Waals surface area contributed by atoms with Crippen molar-refractivity contribution in [1.29, 1.82) is 0 Å². The van der Waals surface area contributed by atoms with Crippen LogP contribution in [0.25, 0.3) is 0 Å². The van der Waals surface area contributed by atoms with Crippen LogP contribution in [0.2, 0.25) is 0 Å². The van der Waals surface area contributed by atoms with Crippen LogP contribution in [0.1, 0.15) is 33.6 Å². The van der Waals surface area contributed by atoms with Gasteiger partial charge in [-0.2, -0.15) is 0 Å². The summed E-state index contributed by atoms with van der Waals surface area (Å²) in [5.74, 6) is 0.0932. The third-order valence-electron chi connectivity index (χ3n) is 2.59. The van der Waals surface area contributed by atoms with Crippen molar-refractivity contribution in [2.75, 3.05) is 13.1 Å². The smallest absolute Gasteiger partial charge is 0.217 e. The molecule has 3 heteroatoms. The minimum atomic E-state index is 0.0932. The second-order valence-electron chi connectivity index (χ2n) is 4.13. The summed E-state index contributed by atoms with van der Waals surface area (Å²) in [6, 6.07) is 0.963. The number of nitrogens with zero attached hydrogens (tertiary/aromatic N) is 1. The highest BCUT2D eigenvalue weighted by molar-refractivity contribution is 5.73. The predicted molar refractivity (Wildman–Crippen MR) is 53.5 cm³/mol. The van der Waals surface area contributed by atoms with E-state index in [1.807, 2.05) is 0 Å². The van der Waals surface area contributed by atoms with Gasteiger partial charge >= 0.3 is 0 Å². The van der Waals surface area contributed by atoms with Crippen LogP contribution in [-0.2, 0) is 4.79 Å². The fourth-order valence-electron chi connectivity index (χ4n) is 1.88. The number of rotatable bonds is 2. The predicted octanol–water partition coefficient (Wildman–Crippen LogP) is 0.995. The molecule has 0 unspecified atom stereocenters. The molecule has 0 spiro atoms. The summed E-state index contributed by atoms with van der Waals surface area (Å²) in [4.78, 5) is 13.3. The van der Waals surface area contributed by atoms with Crippen molar-refractivity contribution in [3.05, 3.63) is 0 Å². The molecule has 1 N–H and O–H groups in total. The van der Waals surface area contributed by atoms with Crippen LogP contribution in [0.3, 0.4) is 0 Å². The number of likely N-dealkylation sites (tertiary alicyclic amines) is 1. The van der Waals surface area contributed by atoms with Crippen molar-refractivity contribution >= 4 is 5.91 Å². The monoisotopic (exact) mass is 184 g/mol. The molecule has 3 nitrogen and oxygen atoms in total. The molecule has 0 aromatic rings. The van der Waals surface area contributed by atoms with Gasteiger partial charge in [-0.25, -0.2) is 0 Å². The lowest BCUT2D eigenvalue weighted by atomic mass is 10.0. The Morgan fingerprint density at radius 3 is 2.77 bits per heavy atom. The quantitative estimate of drug-likeness (QED) is 0.694. The van der Waals surface area contributed by atoms with Gasteiger partial charge in [0.2, 0.25) is 5.91 Å². The Kier molecular flexibility index (Phi) is 3.72. The van der Waals surface area contributed by atoms with Gasteiger partial charge in [-0.3, -0.25) is 9.69 Å². The molecule has 1 heterocycles. The van der Waals surface area contributed by atoms with Crippen LogP contribution in [0.4, 0.5) is 0 Å². The molecule has 0 bridgehead atoms. The van der Waals surface area contributed by atoms with E-state index in [2.05, 4.69) is 24.1 Å². The normalized spacial score (nSPS) is 24.8. The molecule has 1 aliphatic heterocycles. The zero-order chi connectivity index (χ0) is 9.84. The van der Waals surface area contributed by atoms with E-state index in [9.17, 15) is 4.79 Å². The first-order chi connectivity index (χ1) is 6.09. The van der Waals surface area contributed by atoms with Gasteiger partial charge in [-0.05, 0) is 33.2 Å². The minimum Gasteiger partial charge on any atom is -0.352 e. The minimum absolute atomic E-state index is 0.0932. The maximum Gasteiger partial charge on any atom is 0.217 e. The fourth-order valence-corrected chi connectivity index (χ4v) is 1.88. The van der Waals surface area contributed by atoms with Crippen molar-refractivity contribution in [3.8, 4) is 0 Å². The van der Waals surface area contributed by atoms with Gasteiger partial charge in [-0.15, -0.1) is 0 Å². The first-order valence-corrected chi connectivity index (χ1v) is 5.10. The van der Waals surface area contributed by atoms with Crippen LogP contribution in [0.5, 0.6) is 0 Å². The number of carbonyl (C=O) groups excluding carboxylic acids is 1. The average Bonchev–Trinajstić information content (AvgIpc) is 2.03. The van der Waals surface area contributed by atoms with Crippen molar-refractivity contribution in [3.63, 3.8) is 0 Å². The molecular formula is C10H20N2O. The Morgan fingerprint density at radius 1 is 1.54 bits per heavy atom. The molecule has 76 valence electrons. The van der Waals surface area contributed by atoms with Gasteiger partial charge in [0.25, 0.3) is 0 Å². The molecule has 0 saturated carbocycles. The van der Waals surface area contributed by atoms with Gasteiger partial charge in [0.1, 0.15) is 0 Å². The van der Waals surface area contributed by atoms with E-state index >= 15 is 0 Å².